The summed E-state index contributed by atoms with van der Waals surface area (Å²) in [5.41, 5.74) is 2.21. The maximum Gasteiger partial charge on any atom is 0.166 e. The van der Waals surface area contributed by atoms with Gasteiger partial charge in [0.05, 0.1) is 6.61 Å². The molecule has 0 amide bonds. The summed E-state index contributed by atoms with van der Waals surface area (Å²) in [7, 11) is 0. The average molecular weight is 329 g/mol. The summed E-state index contributed by atoms with van der Waals surface area (Å²) in [6.45, 7) is 4.93. The number of nitrogens with one attached hydrogen (secondary N) is 1. The molecule has 0 unspecified atom stereocenters. The van der Waals surface area contributed by atoms with Gasteiger partial charge in [-0.3, -0.25) is 0 Å². The van der Waals surface area contributed by atoms with Gasteiger partial charge in [0.1, 0.15) is 6.61 Å². The topological polar surface area (TPSA) is 50.7 Å². The monoisotopic (exact) mass is 329 g/mol. The Morgan fingerprint density at radius 1 is 0.958 bits per heavy atom. The normalized spacial score (nSPS) is 10.6. The quantitative estimate of drug-likeness (QED) is 0.619. The van der Waals surface area contributed by atoms with Crippen molar-refractivity contribution < 1.29 is 14.6 Å². The van der Waals surface area contributed by atoms with Crippen molar-refractivity contribution in [3.8, 4) is 11.5 Å². The van der Waals surface area contributed by atoms with Gasteiger partial charge in [-0.1, -0.05) is 42.5 Å². The van der Waals surface area contributed by atoms with Gasteiger partial charge in [-0.15, -0.1) is 0 Å². The molecule has 0 aliphatic rings. The van der Waals surface area contributed by atoms with Crippen molar-refractivity contribution in [2.75, 3.05) is 19.8 Å². The number of rotatable bonds is 11. The number of para-hydroxylation sites is 1. The summed E-state index contributed by atoms with van der Waals surface area (Å²) >= 11 is 0. The fourth-order valence-electron chi connectivity index (χ4n) is 2.45. The second-order valence-electron chi connectivity index (χ2n) is 5.56. The lowest BCUT2D eigenvalue weighted by molar-refractivity contribution is 0.266. The van der Waals surface area contributed by atoms with E-state index in [1.54, 1.807) is 0 Å². The van der Waals surface area contributed by atoms with Gasteiger partial charge < -0.3 is 19.9 Å². The van der Waals surface area contributed by atoms with Gasteiger partial charge >= 0.3 is 0 Å². The van der Waals surface area contributed by atoms with Gasteiger partial charge in [-0.25, -0.2) is 0 Å². The molecular formula is C20H27NO3. The first kappa shape index (κ1) is 18.3. The predicted molar refractivity (Wildman–Crippen MR) is 96.4 cm³/mol. The van der Waals surface area contributed by atoms with E-state index < -0.39 is 0 Å². The average Bonchev–Trinajstić information content (AvgIpc) is 2.62. The summed E-state index contributed by atoms with van der Waals surface area (Å²) < 4.78 is 11.8. The summed E-state index contributed by atoms with van der Waals surface area (Å²) in [6, 6.07) is 16.1. The standard InChI is InChI=1S/C20H27NO3/c1-2-23-19-12-8-11-18(15-21-13-6-7-14-22)20(19)24-16-17-9-4-3-5-10-17/h3-5,8-12,21-22H,2,6-7,13-16H2,1H3. The van der Waals surface area contributed by atoms with Crippen LogP contribution in [-0.2, 0) is 13.2 Å². The Hall–Kier alpha value is -2.04. The minimum Gasteiger partial charge on any atom is -0.490 e. The molecule has 0 heterocycles. The lowest BCUT2D eigenvalue weighted by Crippen LogP contribution is -2.16. The van der Waals surface area contributed by atoms with E-state index in [0.29, 0.717) is 13.2 Å². The molecule has 0 aliphatic carbocycles. The summed E-state index contributed by atoms with van der Waals surface area (Å²) in [6.07, 6.45) is 1.78. The largest absolute Gasteiger partial charge is 0.490 e. The maximum absolute atomic E-state index is 8.84. The Kier molecular flexibility index (Phi) is 8.15. The van der Waals surface area contributed by atoms with Crippen LogP contribution in [0.5, 0.6) is 11.5 Å². The zero-order valence-electron chi connectivity index (χ0n) is 14.3. The molecule has 2 aromatic rings. The van der Waals surface area contributed by atoms with E-state index in [1.807, 2.05) is 37.3 Å². The van der Waals surface area contributed by atoms with Crippen molar-refractivity contribution in [2.24, 2.45) is 0 Å². The molecule has 0 atom stereocenters. The van der Waals surface area contributed by atoms with Crippen LogP contribution in [0.2, 0.25) is 0 Å². The molecule has 0 saturated heterocycles. The molecule has 2 aromatic carbocycles. The zero-order valence-corrected chi connectivity index (χ0v) is 14.3. The third-order valence-corrected chi connectivity index (χ3v) is 3.66. The fraction of sp³-hybridized carbons (Fsp3) is 0.400. The number of unbranched alkanes of at least 4 members (excludes halogenated alkanes) is 1. The van der Waals surface area contributed by atoms with Crippen LogP contribution in [0.3, 0.4) is 0 Å². The molecule has 0 spiro atoms. The molecular weight excluding hydrogens is 302 g/mol. The second kappa shape index (κ2) is 10.7. The number of hydrogen-bond donors (Lipinski definition) is 2. The predicted octanol–water partition coefficient (Wildman–Crippen LogP) is 3.53. The van der Waals surface area contributed by atoms with E-state index in [2.05, 4.69) is 23.5 Å². The van der Waals surface area contributed by atoms with Crippen molar-refractivity contribution in [3.63, 3.8) is 0 Å². The highest BCUT2D eigenvalue weighted by atomic mass is 16.5. The molecule has 0 aliphatic heterocycles. The van der Waals surface area contributed by atoms with E-state index in [0.717, 1.165) is 48.6 Å². The molecule has 2 rings (SSSR count). The summed E-state index contributed by atoms with van der Waals surface area (Å²) in [4.78, 5) is 0. The molecule has 130 valence electrons. The lowest BCUT2D eigenvalue weighted by Gasteiger charge is -2.16. The second-order valence-corrected chi connectivity index (χ2v) is 5.56. The Morgan fingerprint density at radius 2 is 1.79 bits per heavy atom. The van der Waals surface area contributed by atoms with E-state index in [9.17, 15) is 0 Å². The molecule has 0 fully saturated rings. The molecule has 0 saturated carbocycles. The first-order valence-electron chi connectivity index (χ1n) is 8.58. The van der Waals surface area contributed by atoms with Gasteiger partial charge in [0.15, 0.2) is 11.5 Å². The highest BCUT2D eigenvalue weighted by molar-refractivity contribution is 5.46. The molecule has 4 heteroatoms. The van der Waals surface area contributed by atoms with Crippen LogP contribution >= 0.6 is 0 Å². The highest BCUT2D eigenvalue weighted by Gasteiger charge is 2.11. The molecule has 0 aromatic heterocycles. The number of aliphatic hydroxyl groups is 1. The molecule has 4 nitrogen and oxygen atoms in total. The van der Waals surface area contributed by atoms with Gasteiger partial charge in [0.2, 0.25) is 0 Å². The van der Waals surface area contributed by atoms with Crippen molar-refractivity contribution in [3.05, 3.63) is 59.7 Å². The Balaban J connectivity index is 2.03. The van der Waals surface area contributed by atoms with Crippen LogP contribution in [0.4, 0.5) is 0 Å². The Morgan fingerprint density at radius 3 is 2.54 bits per heavy atom. The minimum atomic E-state index is 0.243. The van der Waals surface area contributed by atoms with Crippen LogP contribution in [0.1, 0.15) is 30.9 Å². The number of ether oxygens (including phenoxy) is 2. The SMILES string of the molecule is CCOc1cccc(CNCCCCO)c1OCc1ccccc1. The Bertz CT molecular complexity index is 587. The van der Waals surface area contributed by atoms with E-state index in [4.69, 9.17) is 14.6 Å². The maximum atomic E-state index is 8.84. The summed E-state index contributed by atoms with van der Waals surface area (Å²) in [5, 5.41) is 12.2. The zero-order chi connectivity index (χ0) is 17.0. The lowest BCUT2D eigenvalue weighted by atomic mass is 10.1. The first-order chi connectivity index (χ1) is 11.8. The number of hydrogen-bond acceptors (Lipinski definition) is 4. The number of aliphatic hydroxyl groups excluding tert-OH is 1. The van der Waals surface area contributed by atoms with Crippen molar-refractivity contribution >= 4 is 0 Å². The van der Waals surface area contributed by atoms with Crippen molar-refractivity contribution in [2.45, 2.75) is 32.9 Å². The molecule has 24 heavy (non-hydrogen) atoms. The van der Waals surface area contributed by atoms with E-state index in [-0.39, 0.29) is 6.61 Å². The van der Waals surface area contributed by atoms with Crippen LogP contribution in [0, 0.1) is 0 Å². The van der Waals surface area contributed by atoms with Gasteiger partial charge in [0.25, 0.3) is 0 Å². The van der Waals surface area contributed by atoms with Crippen LogP contribution in [-0.4, -0.2) is 24.9 Å². The third kappa shape index (κ3) is 5.87. The molecule has 2 N–H and O–H groups in total. The third-order valence-electron chi connectivity index (χ3n) is 3.66. The smallest absolute Gasteiger partial charge is 0.166 e. The first-order valence-corrected chi connectivity index (χ1v) is 8.58. The van der Waals surface area contributed by atoms with Gasteiger partial charge in [0, 0.05) is 18.7 Å². The van der Waals surface area contributed by atoms with E-state index in [1.165, 1.54) is 0 Å². The van der Waals surface area contributed by atoms with Gasteiger partial charge in [-0.05, 0) is 37.9 Å². The van der Waals surface area contributed by atoms with Crippen molar-refractivity contribution in [1.82, 2.24) is 5.32 Å². The Labute approximate surface area is 144 Å². The van der Waals surface area contributed by atoms with Crippen molar-refractivity contribution in [1.29, 1.82) is 0 Å². The molecule has 0 bridgehead atoms. The number of benzene rings is 2. The minimum absolute atomic E-state index is 0.243. The van der Waals surface area contributed by atoms with Crippen LogP contribution in [0.25, 0.3) is 0 Å². The van der Waals surface area contributed by atoms with Gasteiger partial charge in [-0.2, -0.15) is 0 Å². The molecule has 0 radical (unpaired) electrons. The van der Waals surface area contributed by atoms with Crippen LogP contribution in [0.15, 0.2) is 48.5 Å². The summed E-state index contributed by atoms with van der Waals surface area (Å²) in [5.74, 6) is 1.58. The van der Waals surface area contributed by atoms with E-state index >= 15 is 0 Å². The van der Waals surface area contributed by atoms with Crippen LogP contribution < -0.4 is 14.8 Å². The highest BCUT2D eigenvalue weighted by Crippen LogP contribution is 2.32. The fourth-order valence-corrected chi connectivity index (χ4v) is 2.45.